The number of hydrazone groups is 1. The summed E-state index contributed by atoms with van der Waals surface area (Å²) in [5.74, 6) is 1.48. The van der Waals surface area contributed by atoms with E-state index in [1.807, 2.05) is 49.0 Å². The maximum atomic E-state index is 13.2. The number of rotatable bonds is 6. The first-order valence-electron chi connectivity index (χ1n) is 10.4. The molecule has 0 unspecified atom stereocenters. The lowest BCUT2D eigenvalue weighted by Gasteiger charge is -2.12. The fraction of sp³-hybridized carbons (Fsp3) is 0.208. The van der Waals surface area contributed by atoms with Crippen LogP contribution in [0.5, 0.6) is 23.0 Å². The molecular formula is C24H22N4O5S. The normalized spacial score (nSPS) is 12.5. The van der Waals surface area contributed by atoms with Crippen LogP contribution in [0.1, 0.15) is 26.5 Å². The van der Waals surface area contributed by atoms with Crippen molar-refractivity contribution in [2.24, 2.45) is 5.10 Å². The van der Waals surface area contributed by atoms with Crippen LogP contribution in [0.4, 0.5) is 0 Å². The van der Waals surface area contributed by atoms with Crippen molar-refractivity contribution in [2.45, 2.75) is 13.8 Å². The summed E-state index contributed by atoms with van der Waals surface area (Å²) in [6.45, 7) is 4.06. The molecule has 0 saturated heterocycles. The largest absolute Gasteiger partial charge is 0.492 e. The monoisotopic (exact) mass is 478 g/mol. The first kappa shape index (κ1) is 21.8. The lowest BCUT2D eigenvalue weighted by Crippen LogP contribution is -2.18. The second kappa shape index (κ2) is 8.71. The van der Waals surface area contributed by atoms with Crippen LogP contribution in [0.15, 0.2) is 41.8 Å². The summed E-state index contributed by atoms with van der Waals surface area (Å²) in [6, 6.07) is 7.57. The van der Waals surface area contributed by atoms with E-state index >= 15 is 0 Å². The number of nitrogens with one attached hydrogen (secondary N) is 1. The van der Waals surface area contributed by atoms with E-state index in [1.165, 1.54) is 31.8 Å². The van der Waals surface area contributed by atoms with Gasteiger partial charge in [-0.25, -0.2) is 10.4 Å². The predicted octanol–water partition coefficient (Wildman–Crippen LogP) is 4.21. The highest BCUT2D eigenvalue weighted by atomic mass is 32.1. The molecule has 4 aromatic rings. The standard InChI is InChI=1S/C24H22N4O5S/c1-13-9-14(2)26-24-17(13)18(28-7-5-6-8-28)22(34-24)23(29)27-25-11-15-10-16-20(33-12-32-16)21(31-4)19(15)30-3/h5-11H,12H2,1-4H3,(H,27,29)/b25-11-. The van der Waals surface area contributed by atoms with Crippen LogP contribution in [0, 0.1) is 13.8 Å². The fourth-order valence-corrected chi connectivity index (χ4v) is 5.21. The molecule has 1 N–H and O–H groups in total. The highest BCUT2D eigenvalue weighted by Crippen LogP contribution is 2.48. The molecule has 1 amide bonds. The second-order valence-electron chi connectivity index (χ2n) is 7.60. The molecular weight excluding hydrogens is 456 g/mol. The number of ether oxygens (including phenoxy) is 4. The number of carbonyl (C=O) groups excluding carboxylic acids is 1. The Labute approximate surface area is 199 Å². The number of thiophene rings is 1. The highest BCUT2D eigenvalue weighted by molar-refractivity contribution is 7.21. The zero-order chi connectivity index (χ0) is 23.8. The summed E-state index contributed by atoms with van der Waals surface area (Å²) in [5.41, 5.74) is 5.94. The average molecular weight is 479 g/mol. The number of pyridine rings is 1. The number of nitrogens with zero attached hydrogens (tertiary/aromatic N) is 3. The minimum absolute atomic E-state index is 0.0905. The van der Waals surface area contributed by atoms with E-state index in [9.17, 15) is 4.79 Å². The number of amides is 1. The molecule has 9 nitrogen and oxygen atoms in total. The van der Waals surface area contributed by atoms with Crippen molar-refractivity contribution in [1.82, 2.24) is 15.0 Å². The zero-order valence-electron chi connectivity index (χ0n) is 19.0. The molecule has 0 spiro atoms. The number of hydrogen-bond donors (Lipinski definition) is 1. The Morgan fingerprint density at radius 3 is 2.68 bits per heavy atom. The summed E-state index contributed by atoms with van der Waals surface area (Å²) in [6.07, 6.45) is 5.30. The molecule has 0 atom stereocenters. The molecule has 0 radical (unpaired) electrons. The van der Waals surface area contributed by atoms with Crippen LogP contribution < -0.4 is 24.4 Å². The van der Waals surface area contributed by atoms with E-state index in [2.05, 4.69) is 15.5 Å². The van der Waals surface area contributed by atoms with E-state index in [0.29, 0.717) is 33.4 Å². The minimum atomic E-state index is -0.341. The van der Waals surface area contributed by atoms with Gasteiger partial charge in [0, 0.05) is 29.0 Å². The fourth-order valence-electron chi connectivity index (χ4n) is 4.02. The molecule has 4 heterocycles. The molecule has 10 heteroatoms. The van der Waals surface area contributed by atoms with Crippen molar-refractivity contribution in [3.05, 3.63) is 58.4 Å². The van der Waals surface area contributed by atoms with Gasteiger partial charge in [0.25, 0.3) is 5.91 Å². The smallest absolute Gasteiger partial charge is 0.283 e. The number of aromatic nitrogens is 2. The van der Waals surface area contributed by atoms with Crippen molar-refractivity contribution in [3.8, 4) is 28.7 Å². The molecule has 0 bridgehead atoms. The van der Waals surface area contributed by atoms with E-state index < -0.39 is 0 Å². The summed E-state index contributed by atoms with van der Waals surface area (Å²) in [4.78, 5) is 19.2. The van der Waals surface area contributed by atoms with Gasteiger partial charge in [-0.2, -0.15) is 5.10 Å². The first-order chi connectivity index (χ1) is 16.5. The van der Waals surface area contributed by atoms with Crippen LogP contribution in [0.25, 0.3) is 15.9 Å². The van der Waals surface area contributed by atoms with Gasteiger partial charge >= 0.3 is 0 Å². The Bertz CT molecular complexity index is 1430. The van der Waals surface area contributed by atoms with Gasteiger partial charge in [0.05, 0.1) is 26.1 Å². The van der Waals surface area contributed by atoms with Crippen molar-refractivity contribution in [3.63, 3.8) is 0 Å². The Hall–Kier alpha value is -4.05. The Morgan fingerprint density at radius 1 is 1.18 bits per heavy atom. The molecule has 174 valence electrons. The summed E-state index contributed by atoms with van der Waals surface area (Å²) < 4.78 is 23.8. The number of fused-ring (bicyclic) bond motifs is 2. The van der Waals surface area contributed by atoms with Crippen LogP contribution >= 0.6 is 11.3 Å². The zero-order valence-corrected chi connectivity index (χ0v) is 19.9. The average Bonchev–Trinajstić information content (AvgIpc) is 3.56. The maximum Gasteiger partial charge on any atom is 0.283 e. The lowest BCUT2D eigenvalue weighted by molar-refractivity contribution is 0.0959. The van der Waals surface area contributed by atoms with E-state index in [0.717, 1.165) is 27.2 Å². The van der Waals surface area contributed by atoms with Crippen molar-refractivity contribution in [2.75, 3.05) is 21.0 Å². The van der Waals surface area contributed by atoms with Crippen molar-refractivity contribution < 1.29 is 23.7 Å². The van der Waals surface area contributed by atoms with Gasteiger partial charge in [-0.3, -0.25) is 4.79 Å². The molecule has 1 aromatic carbocycles. The number of carbonyl (C=O) groups is 1. The summed E-state index contributed by atoms with van der Waals surface area (Å²) in [5, 5.41) is 5.13. The molecule has 0 saturated carbocycles. The molecule has 3 aromatic heterocycles. The van der Waals surface area contributed by atoms with E-state index in [1.54, 1.807) is 6.07 Å². The third kappa shape index (κ3) is 3.61. The molecule has 0 aliphatic carbocycles. The number of methoxy groups -OCH3 is 2. The molecule has 1 aliphatic heterocycles. The van der Waals surface area contributed by atoms with Gasteiger partial charge in [0.1, 0.15) is 9.71 Å². The van der Waals surface area contributed by atoms with Crippen LogP contribution in [-0.2, 0) is 0 Å². The quantitative estimate of drug-likeness (QED) is 0.329. The third-order valence-corrected chi connectivity index (χ3v) is 6.48. The van der Waals surface area contributed by atoms with Gasteiger partial charge in [-0.15, -0.1) is 11.3 Å². The third-order valence-electron chi connectivity index (χ3n) is 5.41. The van der Waals surface area contributed by atoms with Crippen molar-refractivity contribution in [1.29, 1.82) is 0 Å². The molecule has 1 aliphatic rings. The molecule has 5 rings (SSSR count). The minimum Gasteiger partial charge on any atom is -0.492 e. The SMILES string of the molecule is COc1c(/C=N\NC(=O)c2sc3nc(C)cc(C)c3c2-n2cccc2)cc2c(c1OC)OCO2. The van der Waals surface area contributed by atoms with Gasteiger partial charge in [-0.1, -0.05) is 0 Å². The summed E-state index contributed by atoms with van der Waals surface area (Å²) >= 11 is 1.34. The number of hydrogen-bond acceptors (Lipinski definition) is 8. The number of benzene rings is 1. The van der Waals surface area contributed by atoms with Crippen LogP contribution in [0.2, 0.25) is 0 Å². The Balaban J connectivity index is 1.50. The first-order valence-corrected chi connectivity index (χ1v) is 11.3. The Morgan fingerprint density at radius 2 is 1.94 bits per heavy atom. The highest BCUT2D eigenvalue weighted by Gasteiger charge is 2.26. The van der Waals surface area contributed by atoms with Gasteiger partial charge in [-0.05, 0) is 43.7 Å². The van der Waals surface area contributed by atoms with E-state index in [-0.39, 0.29) is 12.7 Å². The lowest BCUT2D eigenvalue weighted by atomic mass is 10.1. The van der Waals surface area contributed by atoms with Crippen molar-refractivity contribution >= 4 is 33.7 Å². The van der Waals surface area contributed by atoms with Gasteiger partial charge < -0.3 is 23.5 Å². The number of aryl methyl sites for hydroxylation is 2. The maximum absolute atomic E-state index is 13.2. The van der Waals surface area contributed by atoms with Gasteiger partial charge in [0.15, 0.2) is 11.5 Å². The molecule has 0 fully saturated rings. The second-order valence-corrected chi connectivity index (χ2v) is 8.60. The van der Waals surface area contributed by atoms with E-state index in [4.69, 9.17) is 18.9 Å². The van der Waals surface area contributed by atoms with Gasteiger partial charge in [0.2, 0.25) is 18.3 Å². The summed E-state index contributed by atoms with van der Waals surface area (Å²) in [7, 11) is 3.04. The van der Waals surface area contributed by atoms with Crippen LogP contribution in [-0.4, -0.2) is 42.7 Å². The predicted molar refractivity (Wildman–Crippen MR) is 129 cm³/mol. The molecule has 34 heavy (non-hydrogen) atoms. The Kier molecular flexibility index (Phi) is 5.58. The topological polar surface area (TPSA) is 96.2 Å². The van der Waals surface area contributed by atoms with Crippen LogP contribution in [0.3, 0.4) is 0 Å².